The Bertz CT molecular complexity index is 1440. The minimum atomic E-state index is -1.45. The van der Waals surface area contributed by atoms with Crippen LogP contribution in [0.4, 0.5) is 10.1 Å². The second kappa shape index (κ2) is 14.8. The summed E-state index contributed by atoms with van der Waals surface area (Å²) in [7, 11) is 0. The fraction of sp³-hybridized carbons (Fsp3) is 0.400. The Balaban J connectivity index is 1.49. The maximum absolute atomic E-state index is 13.5. The van der Waals surface area contributed by atoms with Crippen molar-refractivity contribution in [2.75, 3.05) is 11.5 Å². The van der Waals surface area contributed by atoms with E-state index in [1.165, 1.54) is 24.3 Å². The Morgan fingerprint density at radius 3 is 2.04 bits per heavy atom. The Kier molecular flexibility index (Phi) is 11.1. The lowest BCUT2D eigenvalue weighted by Gasteiger charge is -2.48. The standard InChI is InChI=1S/C35H40FNO8/c1-35(45,21-38)20-19-23-7-15-27(16-8-23)37-31(28(32(37)40)17-18-30(39)24-11-13-26(36)14-12-24)25-9-5-22(6-10-25)3-2-4-29(33(41)42)34(43)44/h5-16,28-31,38-39,45H,2-4,17-21H2,1H3,(H,41,42)(H,43,44). The average molecular weight is 622 g/mol. The van der Waals surface area contributed by atoms with Crippen molar-refractivity contribution in [1.29, 1.82) is 0 Å². The van der Waals surface area contributed by atoms with Gasteiger partial charge in [0.1, 0.15) is 5.82 Å². The highest BCUT2D eigenvalue weighted by molar-refractivity contribution is 6.03. The first kappa shape index (κ1) is 33.8. The van der Waals surface area contributed by atoms with Crippen LogP contribution in [-0.2, 0) is 27.2 Å². The van der Waals surface area contributed by atoms with Crippen LogP contribution < -0.4 is 4.90 Å². The van der Waals surface area contributed by atoms with Gasteiger partial charge in [0, 0.05) is 5.69 Å². The normalized spacial score (nSPS) is 18.4. The maximum atomic E-state index is 13.5. The zero-order valence-corrected chi connectivity index (χ0v) is 25.2. The van der Waals surface area contributed by atoms with E-state index >= 15 is 0 Å². The van der Waals surface area contributed by atoms with Crippen molar-refractivity contribution < 1.29 is 44.3 Å². The molecule has 240 valence electrons. The van der Waals surface area contributed by atoms with Crippen molar-refractivity contribution in [3.05, 3.63) is 101 Å². The third kappa shape index (κ3) is 8.54. The smallest absolute Gasteiger partial charge is 0.317 e. The quantitative estimate of drug-likeness (QED) is 0.113. The van der Waals surface area contributed by atoms with Gasteiger partial charge in [0.2, 0.25) is 5.91 Å². The summed E-state index contributed by atoms with van der Waals surface area (Å²) in [5.41, 5.74) is 2.85. The van der Waals surface area contributed by atoms with Crippen LogP contribution in [0.15, 0.2) is 72.8 Å². The molecule has 0 aliphatic carbocycles. The molecule has 1 aliphatic heterocycles. The minimum absolute atomic E-state index is 0.0172. The third-order valence-corrected chi connectivity index (χ3v) is 8.60. The Labute approximate surface area is 261 Å². The zero-order valence-electron chi connectivity index (χ0n) is 25.2. The van der Waals surface area contributed by atoms with Crippen LogP contribution in [-0.4, -0.2) is 55.6 Å². The molecule has 0 aromatic heterocycles. The second-order valence-corrected chi connectivity index (χ2v) is 12.1. The predicted octanol–water partition coefficient (Wildman–Crippen LogP) is 4.83. The lowest BCUT2D eigenvalue weighted by atomic mass is 9.78. The van der Waals surface area contributed by atoms with Gasteiger partial charge in [-0.15, -0.1) is 0 Å². The van der Waals surface area contributed by atoms with Gasteiger partial charge in [-0.25, -0.2) is 4.39 Å². The lowest BCUT2D eigenvalue weighted by molar-refractivity contribution is -0.154. The van der Waals surface area contributed by atoms with Crippen molar-refractivity contribution >= 4 is 23.5 Å². The van der Waals surface area contributed by atoms with Crippen LogP contribution in [0, 0.1) is 17.7 Å². The van der Waals surface area contributed by atoms with Crippen LogP contribution in [0.5, 0.6) is 0 Å². The highest BCUT2D eigenvalue weighted by Crippen LogP contribution is 2.46. The SMILES string of the molecule is CC(O)(CO)CCc1ccc(N2C(=O)C(CCC(O)c3ccc(F)cc3)C2c2ccc(CCCC(C(=O)O)C(=O)O)cc2)cc1. The van der Waals surface area contributed by atoms with E-state index in [0.29, 0.717) is 49.8 Å². The topological polar surface area (TPSA) is 156 Å². The minimum Gasteiger partial charge on any atom is -0.481 e. The van der Waals surface area contributed by atoms with E-state index in [0.717, 1.165) is 16.7 Å². The third-order valence-electron chi connectivity index (χ3n) is 8.60. The van der Waals surface area contributed by atoms with E-state index in [2.05, 4.69) is 0 Å². The van der Waals surface area contributed by atoms with Crippen LogP contribution in [0.25, 0.3) is 0 Å². The molecule has 0 saturated carbocycles. The Hall–Kier alpha value is -4.12. The monoisotopic (exact) mass is 621 g/mol. The highest BCUT2D eigenvalue weighted by atomic mass is 19.1. The van der Waals surface area contributed by atoms with E-state index in [1.54, 1.807) is 11.8 Å². The highest BCUT2D eigenvalue weighted by Gasteiger charge is 2.48. The first-order valence-corrected chi connectivity index (χ1v) is 15.1. The molecule has 1 aliphatic rings. The van der Waals surface area contributed by atoms with E-state index in [4.69, 9.17) is 10.2 Å². The number of benzene rings is 3. The summed E-state index contributed by atoms with van der Waals surface area (Å²) >= 11 is 0. The van der Waals surface area contributed by atoms with Gasteiger partial charge in [-0.1, -0.05) is 48.5 Å². The second-order valence-electron chi connectivity index (χ2n) is 12.1. The maximum Gasteiger partial charge on any atom is 0.317 e. The molecular formula is C35H40FNO8. The van der Waals surface area contributed by atoms with Crippen molar-refractivity contribution in [2.24, 2.45) is 11.8 Å². The molecule has 0 bridgehead atoms. The molecule has 1 heterocycles. The number of aliphatic hydroxyl groups is 3. The first-order chi connectivity index (χ1) is 21.4. The largest absolute Gasteiger partial charge is 0.481 e. The molecule has 3 aromatic rings. The van der Waals surface area contributed by atoms with Crippen molar-refractivity contribution in [3.8, 4) is 0 Å². The van der Waals surface area contributed by atoms with E-state index in [-0.39, 0.29) is 25.0 Å². The number of aliphatic carboxylic acids is 2. The van der Waals surface area contributed by atoms with Crippen LogP contribution in [0.3, 0.4) is 0 Å². The number of carbonyl (C=O) groups is 3. The molecule has 4 atom stereocenters. The number of nitrogens with zero attached hydrogens (tertiary/aromatic N) is 1. The molecule has 4 unspecified atom stereocenters. The number of halogens is 1. The summed E-state index contributed by atoms with van der Waals surface area (Å²) in [4.78, 5) is 37.6. The van der Waals surface area contributed by atoms with E-state index in [1.807, 2.05) is 48.5 Å². The molecule has 1 fully saturated rings. The van der Waals surface area contributed by atoms with Crippen molar-refractivity contribution in [2.45, 2.75) is 69.6 Å². The number of aryl methyl sites for hydroxylation is 2. The molecule has 3 aromatic carbocycles. The Morgan fingerprint density at radius 2 is 1.47 bits per heavy atom. The molecule has 4 rings (SSSR count). The molecule has 1 amide bonds. The summed E-state index contributed by atoms with van der Waals surface area (Å²) in [6.45, 7) is 1.24. The summed E-state index contributed by atoms with van der Waals surface area (Å²) in [5, 5.41) is 48.4. The Morgan fingerprint density at radius 1 is 0.889 bits per heavy atom. The molecule has 5 N–H and O–H groups in total. The number of aliphatic hydroxyl groups excluding tert-OH is 2. The van der Waals surface area contributed by atoms with Gasteiger partial charge in [0.25, 0.3) is 0 Å². The fourth-order valence-corrected chi connectivity index (χ4v) is 5.75. The molecule has 0 radical (unpaired) electrons. The van der Waals surface area contributed by atoms with Gasteiger partial charge in [-0.2, -0.15) is 0 Å². The van der Waals surface area contributed by atoms with E-state index < -0.39 is 41.3 Å². The summed E-state index contributed by atoms with van der Waals surface area (Å²) in [5.74, 6) is -5.04. The van der Waals surface area contributed by atoms with Gasteiger partial charge in [0.05, 0.1) is 30.3 Å². The van der Waals surface area contributed by atoms with Gasteiger partial charge < -0.3 is 30.4 Å². The average Bonchev–Trinajstić information content (AvgIpc) is 3.01. The van der Waals surface area contributed by atoms with Gasteiger partial charge in [-0.05, 0) is 98.4 Å². The van der Waals surface area contributed by atoms with E-state index in [9.17, 15) is 34.1 Å². The molecular weight excluding hydrogens is 581 g/mol. The number of carboxylic acids is 2. The van der Waals surface area contributed by atoms with Gasteiger partial charge in [-0.3, -0.25) is 14.4 Å². The predicted molar refractivity (Wildman–Crippen MR) is 165 cm³/mol. The number of hydrogen-bond donors (Lipinski definition) is 5. The number of amides is 1. The number of carboxylic acid groups (broad SMARTS) is 2. The van der Waals surface area contributed by atoms with Gasteiger partial charge >= 0.3 is 11.9 Å². The van der Waals surface area contributed by atoms with Crippen molar-refractivity contribution in [3.63, 3.8) is 0 Å². The number of β-lactam (4-membered cyclic amide) rings is 1. The molecule has 10 heteroatoms. The van der Waals surface area contributed by atoms with Crippen LogP contribution in [0.1, 0.15) is 73.4 Å². The lowest BCUT2D eigenvalue weighted by Crippen LogP contribution is -2.55. The molecule has 1 saturated heterocycles. The van der Waals surface area contributed by atoms with Crippen LogP contribution >= 0.6 is 0 Å². The summed E-state index contributed by atoms with van der Waals surface area (Å²) < 4.78 is 13.4. The first-order valence-electron chi connectivity index (χ1n) is 15.1. The van der Waals surface area contributed by atoms with Gasteiger partial charge in [0.15, 0.2) is 5.92 Å². The number of rotatable bonds is 16. The number of carbonyl (C=O) groups excluding carboxylic acids is 1. The summed E-state index contributed by atoms with van der Waals surface area (Å²) in [6.07, 6.45) is 1.70. The molecule has 0 spiro atoms. The fourth-order valence-electron chi connectivity index (χ4n) is 5.75. The molecule has 45 heavy (non-hydrogen) atoms. The summed E-state index contributed by atoms with van der Waals surface area (Å²) in [6, 6.07) is 20.4. The van der Waals surface area contributed by atoms with Crippen molar-refractivity contribution in [1.82, 2.24) is 0 Å². The zero-order chi connectivity index (χ0) is 32.7. The number of anilines is 1. The number of hydrogen-bond acceptors (Lipinski definition) is 6. The van der Waals surface area contributed by atoms with Crippen LogP contribution in [0.2, 0.25) is 0 Å². The molecule has 9 nitrogen and oxygen atoms in total.